The summed E-state index contributed by atoms with van der Waals surface area (Å²) in [5.74, 6) is -0.474. The smallest absolute Gasteiger partial charge is 0.289 e. The van der Waals surface area contributed by atoms with Crippen LogP contribution in [0, 0.1) is 17.0 Å². The molecule has 0 saturated heterocycles. The molecule has 0 atom stereocenters. The molecule has 0 aliphatic carbocycles. The number of hydrogen-bond donors (Lipinski definition) is 0. The number of aryl methyl sites for hydroxylation is 1. The number of nitro groups is 1. The number of nitro benzene ring substituents is 1. The standard InChI is InChI=1S/C17H12F3NO3/c1-11-2-6-13(10-15(11)21(23)24)16(22)9-5-12-3-7-14(8-4-12)17(18,19)20/h2-10H,1H3/b9-5+. The highest BCUT2D eigenvalue weighted by Gasteiger charge is 2.29. The Labute approximate surface area is 135 Å². The van der Waals surface area contributed by atoms with Crippen molar-refractivity contribution in [3.63, 3.8) is 0 Å². The van der Waals surface area contributed by atoms with E-state index in [0.717, 1.165) is 18.2 Å². The highest BCUT2D eigenvalue weighted by molar-refractivity contribution is 6.07. The molecule has 0 heterocycles. The molecule has 0 unspecified atom stereocenters. The molecule has 0 aliphatic heterocycles. The number of nitrogens with zero attached hydrogens (tertiary/aromatic N) is 1. The lowest BCUT2D eigenvalue weighted by Gasteiger charge is -2.05. The van der Waals surface area contributed by atoms with E-state index in [2.05, 4.69) is 0 Å². The van der Waals surface area contributed by atoms with Crippen molar-refractivity contribution in [2.45, 2.75) is 13.1 Å². The van der Waals surface area contributed by atoms with Crippen molar-refractivity contribution < 1.29 is 22.9 Å². The molecule has 24 heavy (non-hydrogen) atoms. The fourth-order valence-electron chi connectivity index (χ4n) is 2.01. The zero-order valence-corrected chi connectivity index (χ0v) is 12.5. The van der Waals surface area contributed by atoms with Crippen molar-refractivity contribution in [2.75, 3.05) is 0 Å². The van der Waals surface area contributed by atoms with E-state index < -0.39 is 22.4 Å². The van der Waals surface area contributed by atoms with Gasteiger partial charge in [0.1, 0.15) is 0 Å². The Morgan fingerprint density at radius 3 is 2.29 bits per heavy atom. The summed E-state index contributed by atoms with van der Waals surface area (Å²) in [6.07, 6.45) is -1.90. The highest BCUT2D eigenvalue weighted by Crippen LogP contribution is 2.29. The Bertz CT molecular complexity index is 809. The van der Waals surface area contributed by atoms with E-state index in [1.54, 1.807) is 6.92 Å². The van der Waals surface area contributed by atoms with Gasteiger partial charge in [-0.05, 0) is 30.7 Å². The Hall–Kier alpha value is -2.96. The Balaban J connectivity index is 2.19. The average Bonchev–Trinajstić information content (AvgIpc) is 2.52. The summed E-state index contributed by atoms with van der Waals surface area (Å²) >= 11 is 0. The fourth-order valence-corrected chi connectivity index (χ4v) is 2.01. The zero-order valence-electron chi connectivity index (χ0n) is 12.5. The lowest BCUT2D eigenvalue weighted by molar-refractivity contribution is -0.385. The van der Waals surface area contributed by atoms with Crippen LogP contribution in [0.25, 0.3) is 6.08 Å². The molecule has 0 bridgehead atoms. The van der Waals surface area contributed by atoms with Gasteiger partial charge in [-0.25, -0.2) is 0 Å². The maximum Gasteiger partial charge on any atom is 0.416 e. The molecular weight excluding hydrogens is 323 g/mol. The number of carbonyl (C=O) groups is 1. The Morgan fingerprint density at radius 2 is 1.75 bits per heavy atom. The van der Waals surface area contributed by atoms with Crippen LogP contribution >= 0.6 is 0 Å². The minimum Gasteiger partial charge on any atom is -0.289 e. The van der Waals surface area contributed by atoms with Crippen LogP contribution in [0.1, 0.15) is 27.0 Å². The SMILES string of the molecule is Cc1ccc(C(=O)/C=C/c2ccc(C(F)(F)F)cc2)cc1[N+](=O)[O-]. The van der Waals surface area contributed by atoms with E-state index in [9.17, 15) is 28.1 Å². The predicted molar refractivity (Wildman–Crippen MR) is 82.6 cm³/mol. The van der Waals surface area contributed by atoms with Gasteiger partial charge in [0, 0.05) is 17.2 Å². The number of alkyl halides is 3. The largest absolute Gasteiger partial charge is 0.416 e. The Morgan fingerprint density at radius 1 is 1.12 bits per heavy atom. The summed E-state index contributed by atoms with van der Waals surface area (Å²) in [6.45, 7) is 1.56. The molecule has 0 aromatic heterocycles. The molecule has 0 N–H and O–H groups in total. The third-order valence-corrected chi connectivity index (χ3v) is 3.36. The molecule has 2 aromatic carbocycles. The maximum atomic E-state index is 12.5. The summed E-state index contributed by atoms with van der Waals surface area (Å²) < 4.78 is 37.4. The molecular formula is C17H12F3NO3. The van der Waals surface area contributed by atoms with Gasteiger partial charge < -0.3 is 0 Å². The van der Waals surface area contributed by atoms with Crippen molar-refractivity contribution in [1.82, 2.24) is 0 Å². The van der Waals surface area contributed by atoms with E-state index in [1.165, 1.54) is 36.4 Å². The van der Waals surface area contributed by atoms with Gasteiger partial charge in [-0.1, -0.05) is 30.3 Å². The normalized spacial score (nSPS) is 11.7. The van der Waals surface area contributed by atoms with Gasteiger partial charge >= 0.3 is 6.18 Å². The summed E-state index contributed by atoms with van der Waals surface area (Å²) in [6, 6.07) is 8.42. The molecule has 0 aliphatic rings. The molecule has 0 fully saturated rings. The van der Waals surface area contributed by atoms with Gasteiger partial charge in [-0.3, -0.25) is 14.9 Å². The average molecular weight is 335 g/mol. The van der Waals surface area contributed by atoms with Crippen molar-refractivity contribution in [3.8, 4) is 0 Å². The van der Waals surface area contributed by atoms with E-state index in [-0.39, 0.29) is 11.3 Å². The van der Waals surface area contributed by atoms with Crippen LogP contribution in [0.15, 0.2) is 48.5 Å². The minimum absolute atomic E-state index is 0.135. The second-order valence-corrected chi connectivity index (χ2v) is 5.08. The fraction of sp³-hybridized carbons (Fsp3) is 0.118. The first-order chi connectivity index (χ1) is 11.2. The molecule has 0 radical (unpaired) electrons. The van der Waals surface area contributed by atoms with Crippen LogP contribution in [0.5, 0.6) is 0 Å². The van der Waals surface area contributed by atoms with Crippen LogP contribution < -0.4 is 0 Å². The van der Waals surface area contributed by atoms with Crippen molar-refractivity contribution in [3.05, 3.63) is 80.9 Å². The van der Waals surface area contributed by atoms with Gasteiger partial charge in [0.25, 0.3) is 5.69 Å². The molecule has 4 nitrogen and oxygen atoms in total. The zero-order chi connectivity index (χ0) is 17.9. The van der Waals surface area contributed by atoms with E-state index in [0.29, 0.717) is 11.1 Å². The number of carbonyl (C=O) groups excluding carboxylic acids is 1. The summed E-state index contributed by atoms with van der Waals surface area (Å²) in [5, 5.41) is 10.9. The lowest BCUT2D eigenvalue weighted by atomic mass is 10.1. The first-order valence-corrected chi connectivity index (χ1v) is 6.83. The minimum atomic E-state index is -4.42. The number of benzene rings is 2. The van der Waals surface area contributed by atoms with E-state index >= 15 is 0 Å². The number of rotatable bonds is 4. The van der Waals surface area contributed by atoms with Crippen molar-refractivity contribution >= 4 is 17.5 Å². The molecule has 124 valence electrons. The molecule has 0 amide bonds. The Kier molecular flexibility index (Phi) is 4.82. The van der Waals surface area contributed by atoms with Crippen LogP contribution in [-0.4, -0.2) is 10.7 Å². The molecule has 2 rings (SSSR count). The summed E-state index contributed by atoms with van der Waals surface area (Å²) in [5.41, 5.74) is 0.0422. The van der Waals surface area contributed by atoms with Crippen LogP contribution in [-0.2, 0) is 6.18 Å². The van der Waals surface area contributed by atoms with Crippen LogP contribution in [0.3, 0.4) is 0 Å². The van der Waals surface area contributed by atoms with E-state index in [1.807, 2.05) is 0 Å². The maximum absolute atomic E-state index is 12.5. The van der Waals surface area contributed by atoms with Gasteiger partial charge in [0.05, 0.1) is 10.5 Å². The highest BCUT2D eigenvalue weighted by atomic mass is 19.4. The number of hydrogen-bond acceptors (Lipinski definition) is 3. The third-order valence-electron chi connectivity index (χ3n) is 3.36. The first kappa shape index (κ1) is 17.4. The van der Waals surface area contributed by atoms with Crippen LogP contribution in [0.4, 0.5) is 18.9 Å². The molecule has 0 saturated carbocycles. The van der Waals surface area contributed by atoms with Gasteiger partial charge in [-0.2, -0.15) is 13.2 Å². The van der Waals surface area contributed by atoms with Crippen molar-refractivity contribution in [1.29, 1.82) is 0 Å². The first-order valence-electron chi connectivity index (χ1n) is 6.83. The molecule has 2 aromatic rings. The molecule has 0 spiro atoms. The second kappa shape index (κ2) is 6.66. The monoisotopic (exact) mass is 335 g/mol. The predicted octanol–water partition coefficient (Wildman–Crippen LogP) is 4.82. The topological polar surface area (TPSA) is 60.2 Å². The van der Waals surface area contributed by atoms with Crippen molar-refractivity contribution in [2.24, 2.45) is 0 Å². The van der Waals surface area contributed by atoms with Crippen LogP contribution in [0.2, 0.25) is 0 Å². The molecule has 7 heteroatoms. The summed E-state index contributed by atoms with van der Waals surface area (Å²) in [4.78, 5) is 22.3. The van der Waals surface area contributed by atoms with Gasteiger partial charge in [-0.15, -0.1) is 0 Å². The number of ketones is 1. The quantitative estimate of drug-likeness (QED) is 0.348. The van der Waals surface area contributed by atoms with E-state index in [4.69, 9.17) is 0 Å². The lowest BCUT2D eigenvalue weighted by Crippen LogP contribution is -2.04. The number of allylic oxidation sites excluding steroid dienone is 1. The van der Waals surface area contributed by atoms with Gasteiger partial charge in [0.15, 0.2) is 5.78 Å². The number of halogens is 3. The second-order valence-electron chi connectivity index (χ2n) is 5.08. The summed E-state index contributed by atoms with van der Waals surface area (Å²) in [7, 11) is 0. The third kappa shape index (κ3) is 4.07. The van der Waals surface area contributed by atoms with Gasteiger partial charge in [0.2, 0.25) is 0 Å².